The first-order chi connectivity index (χ1) is 13.7. The van der Waals surface area contributed by atoms with Crippen LogP contribution in [0.4, 0.5) is 10.9 Å². The fourth-order valence-corrected chi connectivity index (χ4v) is 4.01. The van der Waals surface area contributed by atoms with E-state index in [2.05, 4.69) is 31.2 Å². The van der Waals surface area contributed by atoms with Gasteiger partial charge in [-0.25, -0.2) is 9.97 Å². The minimum atomic E-state index is 0.143. The van der Waals surface area contributed by atoms with Crippen molar-refractivity contribution in [3.05, 3.63) is 58.1 Å². The number of thiazole rings is 1. The van der Waals surface area contributed by atoms with Gasteiger partial charge in [-0.15, -0.1) is 11.3 Å². The largest absolute Gasteiger partial charge is 0.453 e. The summed E-state index contributed by atoms with van der Waals surface area (Å²) in [5.41, 5.74) is 0.770. The number of likely N-dealkylation sites (tertiary alicyclic amines) is 1. The lowest BCUT2D eigenvalue weighted by Gasteiger charge is -2.13. The molecule has 3 heterocycles. The van der Waals surface area contributed by atoms with Gasteiger partial charge in [-0.05, 0) is 40.9 Å². The van der Waals surface area contributed by atoms with Crippen LogP contribution >= 0.6 is 27.3 Å². The van der Waals surface area contributed by atoms with Gasteiger partial charge in [-0.1, -0.05) is 18.2 Å². The maximum Gasteiger partial charge on any atom is 0.228 e. The quantitative estimate of drug-likeness (QED) is 0.562. The average molecular weight is 459 g/mol. The number of nitrogens with one attached hydrogen (secondary N) is 1. The van der Waals surface area contributed by atoms with Crippen LogP contribution in [0.1, 0.15) is 18.5 Å². The molecule has 0 atom stereocenters. The molecular weight excluding hydrogens is 440 g/mol. The smallest absolute Gasteiger partial charge is 0.228 e. The van der Waals surface area contributed by atoms with E-state index in [1.807, 2.05) is 46.7 Å². The number of aromatic nitrogens is 2. The Bertz CT molecular complexity index is 958. The third kappa shape index (κ3) is 4.69. The molecule has 6 nitrogen and oxygen atoms in total. The van der Waals surface area contributed by atoms with Gasteiger partial charge in [0.25, 0.3) is 0 Å². The molecule has 1 saturated heterocycles. The number of hydrogen-bond acceptors (Lipinski definition) is 6. The van der Waals surface area contributed by atoms with Crippen molar-refractivity contribution >= 4 is 44.1 Å². The van der Waals surface area contributed by atoms with Gasteiger partial charge in [0.05, 0.1) is 12.1 Å². The van der Waals surface area contributed by atoms with Gasteiger partial charge in [0, 0.05) is 35.2 Å². The van der Waals surface area contributed by atoms with Crippen LogP contribution in [0.2, 0.25) is 0 Å². The van der Waals surface area contributed by atoms with Gasteiger partial charge < -0.3 is 15.0 Å². The monoisotopic (exact) mass is 458 g/mol. The molecule has 0 unspecified atom stereocenters. The van der Waals surface area contributed by atoms with E-state index in [9.17, 15) is 4.79 Å². The van der Waals surface area contributed by atoms with Crippen LogP contribution in [0.25, 0.3) is 0 Å². The van der Waals surface area contributed by atoms with E-state index in [4.69, 9.17) is 4.74 Å². The predicted octanol–water partition coefficient (Wildman–Crippen LogP) is 5.00. The average Bonchev–Trinajstić information content (AvgIpc) is 3.37. The van der Waals surface area contributed by atoms with Crippen LogP contribution < -0.4 is 10.1 Å². The Morgan fingerprint density at radius 2 is 2.04 bits per heavy atom. The van der Waals surface area contributed by atoms with E-state index >= 15 is 0 Å². The van der Waals surface area contributed by atoms with Crippen LogP contribution in [0.3, 0.4) is 0 Å². The highest BCUT2D eigenvalue weighted by Gasteiger charge is 2.19. The Morgan fingerprint density at radius 1 is 1.25 bits per heavy atom. The number of nitrogens with zero attached hydrogens (tertiary/aromatic N) is 3. The van der Waals surface area contributed by atoms with E-state index in [0.29, 0.717) is 23.1 Å². The lowest BCUT2D eigenvalue weighted by molar-refractivity contribution is -0.129. The van der Waals surface area contributed by atoms with E-state index in [0.717, 1.165) is 41.8 Å². The fraction of sp³-hybridized carbons (Fsp3) is 0.250. The zero-order chi connectivity index (χ0) is 19.3. The summed E-state index contributed by atoms with van der Waals surface area (Å²) in [6, 6.07) is 11.4. The standard InChI is InChI=1S/C20H19BrN4O2S/c21-14-10-17(27-16-6-2-1-3-7-16)19(22-12-14)24-20-23-15(13-28-20)11-18(26)25-8-4-5-9-25/h1-3,6-7,10,12-13H,4-5,8-9,11H2,(H,22,23,24). The van der Waals surface area contributed by atoms with Gasteiger partial charge in [0.15, 0.2) is 16.7 Å². The first kappa shape index (κ1) is 18.9. The Hall–Kier alpha value is -2.45. The Labute approximate surface area is 175 Å². The SMILES string of the molecule is O=C(Cc1csc(Nc2ncc(Br)cc2Oc2ccccc2)n1)N1CCCC1. The van der Waals surface area contributed by atoms with Crippen molar-refractivity contribution in [1.29, 1.82) is 0 Å². The van der Waals surface area contributed by atoms with Gasteiger partial charge in [-0.3, -0.25) is 4.79 Å². The van der Waals surface area contributed by atoms with E-state index in [1.54, 1.807) is 6.20 Å². The number of amides is 1. The van der Waals surface area contributed by atoms with Crippen LogP contribution in [0.15, 0.2) is 52.4 Å². The molecule has 1 aromatic carbocycles. The second kappa shape index (κ2) is 8.70. The molecule has 0 aliphatic carbocycles. The molecule has 1 aliphatic heterocycles. The summed E-state index contributed by atoms with van der Waals surface area (Å²) in [4.78, 5) is 23.2. The van der Waals surface area contributed by atoms with E-state index in [1.165, 1.54) is 11.3 Å². The summed E-state index contributed by atoms with van der Waals surface area (Å²) < 4.78 is 6.78. The number of halogens is 1. The highest BCUT2D eigenvalue weighted by atomic mass is 79.9. The van der Waals surface area contributed by atoms with Crippen molar-refractivity contribution in [1.82, 2.24) is 14.9 Å². The van der Waals surface area contributed by atoms with Crippen molar-refractivity contribution in [2.75, 3.05) is 18.4 Å². The Kier molecular flexibility index (Phi) is 5.87. The second-order valence-corrected chi connectivity index (χ2v) is 8.22. The maximum atomic E-state index is 12.3. The molecule has 3 aromatic rings. The molecule has 4 rings (SSSR count). The van der Waals surface area contributed by atoms with Crippen molar-refractivity contribution in [2.45, 2.75) is 19.3 Å². The zero-order valence-corrected chi connectivity index (χ0v) is 17.5. The minimum absolute atomic E-state index is 0.143. The number of hydrogen-bond donors (Lipinski definition) is 1. The highest BCUT2D eigenvalue weighted by Crippen LogP contribution is 2.33. The molecule has 1 amide bonds. The predicted molar refractivity (Wildman–Crippen MR) is 113 cm³/mol. The summed E-state index contributed by atoms with van der Waals surface area (Å²) >= 11 is 4.88. The fourth-order valence-electron chi connectivity index (χ4n) is 2.99. The Morgan fingerprint density at radius 3 is 2.82 bits per heavy atom. The Balaban J connectivity index is 1.47. The number of rotatable bonds is 6. The maximum absolute atomic E-state index is 12.3. The molecular formula is C20H19BrN4O2S. The van der Waals surface area contributed by atoms with E-state index < -0.39 is 0 Å². The summed E-state index contributed by atoms with van der Waals surface area (Å²) in [5.74, 6) is 2.02. The molecule has 0 spiro atoms. The molecule has 0 saturated carbocycles. The number of carbonyl (C=O) groups is 1. The van der Waals surface area contributed by atoms with Crippen LogP contribution in [0.5, 0.6) is 11.5 Å². The number of benzene rings is 1. The van der Waals surface area contributed by atoms with Gasteiger partial charge in [-0.2, -0.15) is 0 Å². The molecule has 1 aliphatic rings. The summed E-state index contributed by atoms with van der Waals surface area (Å²) in [6.07, 6.45) is 4.22. The molecule has 0 radical (unpaired) electrons. The summed E-state index contributed by atoms with van der Waals surface area (Å²) in [6.45, 7) is 1.72. The number of para-hydroxylation sites is 1. The molecule has 28 heavy (non-hydrogen) atoms. The topological polar surface area (TPSA) is 67.3 Å². The summed E-state index contributed by atoms with van der Waals surface area (Å²) in [5, 5.41) is 5.80. The normalized spacial score (nSPS) is 13.5. The van der Waals surface area contributed by atoms with Crippen molar-refractivity contribution in [3.8, 4) is 11.5 Å². The number of ether oxygens (including phenoxy) is 1. The highest BCUT2D eigenvalue weighted by molar-refractivity contribution is 9.10. The minimum Gasteiger partial charge on any atom is -0.453 e. The van der Waals surface area contributed by atoms with Crippen LogP contribution in [0, 0.1) is 0 Å². The van der Waals surface area contributed by atoms with Gasteiger partial charge >= 0.3 is 0 Å². The number of pyridine rings is 1. The molecule has 144 valence electrons. The molecule has 0 bridgehead atoms. The van der Waals surface area contributed by atoms with Crippen molar-refractivity contribution < 1.29 is 9.53 Å². The summed E-state index contributed by atoms with van der Waals surface area (Å²) in [7, 11) is 0. The number of carbonyl (C=O) groups excluding carboxylic acids is 1. The van der Waals surface area contributed by atoms with E-state index in [-0.39, 0.29) is 5.91 Å². The lowest BCUT2D eigenvalue weighted by atomic mass is 10.3. The van der Waals surface area contributed by atoms with Crippen LogP contribution in [-0.4, -0.2) is 33.9 Å². The molecule has 1 N–H and O–H groups in total. The number of anilines is 2. The van der Waals surface area contributed by atoms with Gasteiger partial charge in [0.2, 0.25) is 5.91 Å². The molecule has 2 aromatic heterocycles. The van der Waals surface area contributed by atoms with Crippen molar-refractivity contribution in [2.24, 2.45) is 0 Å². The first-order valence-electron chi connectivity index (χ1n) is 9.05. The molecule has 1 fully saturated rings. The zero-order valence-electron chi connectivity index (χ0n) is 15.1. The second-order valence-electron chi connectivity index (χ2n) is 6.45. The van der Waals surface area contributed by atoms with Crippen molar-refractivity contribution in [3.63, 3.8) is 0 Å². The third-order valence-corrected chi connectivity index (χ3v) is 5.60. The van der Waals surface area contributed by atoms with Gasteiger partial charge in [0.1, 0.15) is 5.75 Å². The molecule has 8 heteroatoms. The lowest BCUT2D eigenvalue weighted by Crippen LogP contribution is -2.29. The first-order valence-corrected chi connectivity index (χ1v) is 10.7. The third-order valence-electron chi connectivity index (χ3n) is 4.36. The van der Waals surface area contributed by atoms with Crippen LogP contribution in [-0.2, 0) is 11.2 Å².